The van der Waals surface area contributed by atoms with E-state index in [0.717, 1.165) is 23.1 Å². The van der Waals surface area contributed by atoms with Gasteiger partial charge in [-0.15, -0.1) is 0 Å². The van der Waals surface area contributed by atoms with E-state index in [0.29, 0.717) is 34.0 Å². The zero-order valence-electron chi connectivity index (χ0n) is 25.4. The van der Waals surface area contributed by atoms with Crippen LogP contribution < -0.4 is 20.9 Å². The Kier molecular flexibility index (Phi) is 8.94. The lowest BCUT2D eigenvalue weighted by atomic mass is 10.1. The van der Waals surface area contributed by atoms with Crippen molar-refractivity contribution < 1.29 is 28.2 Å². The monoisotopic (exact) mass is 628 g/mol. The molecule has 0 aliphatic rings. The maximum Gasteiger partial charge on any atom is 0.339 e. The standard InChI is InChI=1S/C33H30F2N6O5/c1-18-26(12-9-23(32(44)45)29(18)46-4)38-33-37-16-22-14-20(8-11-27(22)39-33)6-5-13-36-30(42)28-19(2)40(3)41(31(28)43)17-21-7-10-24(34)25(35)15-21/h5-12,14-16H,13,17H2,1-4H3,(H,36,42)(H,44,45)(H,37,38,39). The van der Waals surface area contributed by atoms with Crippen molar-refractivity contribution in [3.05, 3.63) is 116 Å². The van der Waals surface area contributed by atoms with Gasteiger partial charge in [-0.2, -0.15) is 0 Å². The molecule has 0 saturated carbocycles. The average Bonchev–Trinajstić information content (AvgIpc) is 3.24. The minimum atomic E-state index is -1.09. The molecule has 1 amide bonds. The van der Waals surface area contributed by atoms with Gasteiger partial charge in [-0.1, -0.05) is 24.3 Å². The highest BCUT2D eigenvalue weighted by atomic mass is 19.2. The van der Waals surface area contributed by atoms with E-state index in [-0.39, 0.29) is 30.0 Å². The van der Waals surface area contributed by atoms with Gasteiger partial charge in [0.2, 0.25) is 5.95 Å². The van der Waals surface area contributed by atoms with E-state index in [4.69, 9.17) is 4.74 Å². The van der Waals surface area contributed by atoms with Crippen molar-refractivity contribution in [1.82, 2.24) is 24.6 Å². The van der Waals surface area contributed by atoms with Gasteiger partial charge in [-0.3, -0.25) is 14.3 Å². The number of carboxylic acid groups (broad SMARTS) is 1. The summed E-state index contributed by atoms with van der Waals surface area (Å²) in [7, 11) is 3.03. The molecule has 0 radical (unpaired) electrons. The van der Waals surface area contributed by atoms with Gasteiger partial charge in [0.1, 0.15) is 16.9 Å². The van der Waals surface area contributed by atoms with Gasteiger partial charge in [0.05, 0.1) is 19.2 Å². The number of methoxy groups -OCH3 is 1. The molecule has 0 fully saturated rings. The van der Waals surface area contributed by atoms with E-state index in [1.807, 2.05) is 24.3 Å². The van der Waals surface area contributed by atoms with Gasteiger partial charge in [0.15, 0.2) is 11.6 Å². The number of carbonyl (C=O) groups is 2. The highest BCUT2D eigenvalue weighted by Crippen LogP contribution is 2.31. The third kappa shape index (κ3) is 6.34. The molecule has 3 aromatic carbocycles. The number of carbonyl (C=O) groups excluding carboxylic acids is 1. The Hall–Kier alpha value is -5.85. The molecule has 3 N–H and O–H groups in total. The number of amides is 1. The number of hydrogen-bond donors (Lipinski definition) is 3. The fourth-order valence-electron chi connectivity index (χ4n) is 5.04. The first-order valence-corrected chi connectivity index (χ1v) is 14.1. The summed E-state index contributed by atoms with van der Waals surface area (Å²) in [6, 6.07) is 12.0. The van der Waals surface area contributed by atoms with Crippen molar-refractivity contribution in [3.63, 3.8) is 0 Å². The van der Waals surface area contributed by atoms with Crippen LogP contribution in [0.3, 0.4) is 0 Å². The summed E-state index contributed by atoms with van der Waals surface area (Å²) in [5.41, 5.74) is 3.02. The number of aromatic nitrogens is 4. The number of nitrogens with zero attached hydrogens (tertiary/aromatic N) is 4. The molecule has 0 unspecified atom stereocenters. The molecule has 2 heterocycles. The molecule has 236 valence electrons. The lowest BCUT2D eigenvalue weighted by molar-refractivity contribution is 0.0693. The van der Waals surface area contributed by atoms with Crippen molar-refractivity contribution in [2.45, 2.75) is 20.4 Å². The minimum absolute atomic E-state index is 0.0297. The van der Waals surface area contributed by atoms with Crippen molar-refractivity contribution in [3.8, 4) is 5.75 Å². The number of halogens is 2. The Morgan fingerprint density at radius 3 is 2.57 bits per heavy atom. The molecular weight excluding hydrogens is 598 g/mol. The Balaban J connectivity index is 1.24. The average molecular weight is 629 g/mol. The van der Waals surface area contributed by atoms with Gasteiger partial charge >= 0.3 is 5.97 Å². The maximum atomic E-state index is 13.7. The van der Waals surface area contributed by atoms with Crippen LogP contribution >= 0.6 is 0 Å². The number of hydrogen-bond acceptors (Lipinski definition) is 7. The number of anilines is 2. The maximum absolute atomic E-state index is 13.7. The van der Waals surface area contributed by atoms with E-state index in [1.54, 1.807) is 39.2 Å². The van der Waals surface area contributed by atoms with Gasteiger partial charge in [0.25, 0.3) is 11.5 Å². The zero-order valence-corrected chi connectivity index (χ0v) is 25.4. The van der Waals surface area contributed by atoms with Crippen LogP contribution in [0.15, 0.2) is 65.6 Å². The molecule has 2 aromatic heterocycles. The highest BCUT2D eigenvalue weighted by molar-refractivity contribution is 5.95. The molecule has 0 bridgehead atoms. The SMILES string of the molecule is COc1c(C(=O)O)ccc(Nc2ncc3cc(C=CCNC(=O)c4c(C)n(C)n(Cc5ccc(F)c(F)c5)c4=O)ccc3n2)c1C. The van der Waals surface area contributed by atoms with Crippen LogP contribution in [0, 0.1) is 25.5 Å². The number of benzene rings is 3. The number of nitrogens with one attached hydrogen (secondary N) is 2. The first kappa shape index (κ1) is 31.6. The quantitative estimate of drug-likeness (QED) is 0.197. The van der Waals surface area contributed by atoms with Crippen LogP contribution in [0.5, 0.6) is 5.75 Å². The van der Waals surface area contributed by atoms with E-state index in [9.17, 15) is 28.3 Å². The second-order valence-electron chi connectivity index (χ2n) is 10.5. The number of fused-ring (bicyclic) bond motifs is 1. The second kappa shape index (κ2) is 13.0. The van der Waals surface area contributed by atoms with Gasteiger partial charge in [-0.25, -0.2) is 28.2 Å². The van der Waals surface area contributed by atoms with E-state index < -0.39 is 29.1 Å². The molecule has 0 aliphatic carbocycles. The Labute approximate surface area is 261 Å². The summed E-state index contributed by atoms with van der Waals surface area (Å²) >= 11 is 0. The lowest BCUT2D eigenvalue weighted by Gasteiger charge is -2.14. The summed E-state index contributed by atoms with van der Waals surface area (Å²) < 4.78 is 35.1. The van der Waals surface area contributed by atoms with Gasteiger partial charge in [0, 0.05) is 42.1 Å². The third-order valence-corrected chi connectivity index (χ3v) is 7.58. The number of carboxylic acids is 1. The molecule has 0 atom stereocenters. The van der Waals surface area contributed by atoms with E-state index >= 15 is 0 Å². The smallest absolute Gasteiger partial charge is 0.339 e. The predicted octanol–water partition coefficient (Wildman–Crippen LogP) is 4.97. The van der Waals surface area contributed by atoms with Crippen molar-refractivity contribution in [2.24, 2.45) is 7.05 Å². The molecule has 46 heavy (non-hydrogen) atoms. The summed E-state index contributed by atoms with van der Waals surface area (Å²) in [4.78, 5) is 46.4. The van der Waals surface area contributed by atoms with Crippen molar-refractivity contribution in [1.29, 1.82) is 0 Å². The molecular formula is C33H30F2N6O5. The minimum Gasteiger partial charge on any atom is -0.495 e. The summed E-state index contributed by atoms with van der Waals surface area (Å²) in [6.45, 7) is 3.50. The highest BCUT2D eigenvalue weighted by Gasteiger charge is 2.21. The second-order valence-corrected chi connectivity index (χ2v) is 10.5. The van der Waals surface area contributed by atoms with Crippen LogP contribution in [0.25, 0.3) is 17.0 Å². The van der Waals surface area contributed by atoms with E-state index in [1.165, 1.54) is 28.6 Å². The van der Waals surface area contributed by atoms with Crippen LogP contribution in [-0.4, -0.2) is 50.0 Å². The molecule has 11 nitrogen and oxygen atoms in total. The van der Waals surface area contributed by atoms with Crippen molar-refractivity contribution >= 4 is 40.5 Å². The number of rotatable bonds is 10. The zero-order chi connectivity index (χ0) is 33.1. The normalized spacial score (nSPS) is 11.3. The Bertz CT molecular complexity index is 2090. The first-order valence-electron chi connectivity index (χ1n) is 14.1. The molecule has 5 rings (SSSR count). The summed E-state index contributed by atoms with van der Waals surface area (Å²) in [5.74, 6) is -3.06. The van der Waals surface area contributed by atoms with Crippen LogP contribution in [-0.2, 0) is 13.6 Å². The van der Waals surface area contributed by atoms with Crippen LogP contribution in [0.2, 0.25) is 0 Å². The van der Waals surface area contributed by atoms with Gasteiger partial charge < -0.3 is 20.5 Å². The number of ether oxygens (including phenoxy) is 1. The fraction of sp³-hybridized carbons (Fsp3) is 0.182. The summed E-state index contributed by atoms with van der Waals surface area (Å²) in [6.07, 6.45) is 5.21. The molecule has 0 aliphatic heterocycles. The third-order valence-electron chi connectivity index (χ3n) is 7.58. The number of aromatic carboxylic acids is 1. The van der Waals surface area contributed by atoms with E-state index in [2.05, 4.69) is 20.6 Å². The molecule has 0 spiro atoms. The molecule has 13 heteroatoms. The van der Waals surface area contributed by atoms with Gasteiger partial charge in [-0.05, 0) is 61.4 Å². The van der Waals surface area contributed by atoms with Crippen LogP contribution in [0.4, 0.5) is 20.4 Å². The lowest BCUT2D eigenvalue weighted by Crippen LogP contribution is -2.31. The first-order chi connectivity index (χ1) is 22.0. The largest absolute Gasteiger partial charge is 0.495 e. The molecule has 0 saturated heterocycles. The fourth-order valence-corrected chi connectivity index (χ4v) is 5.04. The van der Waals surface area contributed by atoms with Crippen LogP contribution in [0.1, 0.15) is 43.1 Å². The molecule has 5 aromatic rings. The Morgan fingerprint density at radius 2 is 1.85 bits per heavy atom. The Morgan fingerprint density at radius 1 is 1.07 bits per heavy atom. The predicted molar refractivity (Wildman–Crippen MR) is 169 cm³/mol. The van der Waals surface area contributed by atoms with Crippen molar-refractivity contribution in [2.75, 3.05) is 19.0 Å². The summed E-state index contributed by atoms with van der Waals surface area (Å²) in [5, 5.41) is 16.0. The topological polar surface area (TPSA) is 140 Å².